The van der Waals surface area contributed by atoms with E-state index in [0.29, 0.717) is 23.0 Å². The monoisotopic (exact) mass is 389 g/mol. The number of hydrogen-bond acceptors (Lipinski definition) is 6. The van der Waals surface area contributed by atoms with E-state index in [1.807, 2.05) is 24.3 Å². The first-order valence-corrected chi connectivity index (χ1v) is 9.13. The van der Waals surface area contributed by atoms with Gasteiger partial charge in [-0.1, -0.05) is 0 Å². The number of rotatable bonds is 5. The quantitative estimate of drug-likeness (QED) is 0.407. The van der Waals surface area contributed by atoms with E-state index >= 15 is 0 Å². The largest absolute Gasteiger partial charge is 1.00 e. The second-order valence-corrected chi connectivity index (χ2v) is 7.43. The van der Waals surface area contributed by atoms with Crippen LogP contribution in [-0.4, -0.2) is 47.0 Å². The molecule has 136 valence electrons. The number of aromatic nitrogens is 2. The van der Waals surface area contributed by atoms with Crippen LogP contribution in [0.3, 0.4) is 0 Å². The van der Waals surface area contributed by atoms with Crippen molar-refractivity contribution in [2.24, 2.45) is 0 Å². The zero-order valence-electron chi connectivity index (χ0n) is 16.2. The number of hydrogen-bond donors (Lipinski definition) is 2. The first-order chi connectivity index (χ1) is 12.5. The third kappa shape index (κ3) is 5.16. The molecule has 1 aliphatic carbocycles. The number of anilines is 1. The first kappa shape index (κ1) is 20.9. The summed E-state index contributed by atoms with van der Waals surface area (Å²) < 4.78 is 6.01. The van der Waals surface area contributed by atoms with E-state index in [1.165, 1.54) is 6.33 Å². The molecule has 1 aliphatic heterocycles. The van der Waals surface area contributed by atoms with Gasteiger partial charge in [-0.3, -0.25) is 0 Å². The SMILES string of the molecule is CC1CN(c2cc(C(=N)c3[c-]ccc(OC4(C)CC4)c3)ncn2)CCN1.[K+]. The van der Waals surface area contributed by atoms with Gasteiger partial charge in [0.25, 0.3) is 0 Å². The normalized spacial score (nSPS) is 20.5. The van der Waals surface area contributed by atoms with E-state index in [4.69, 9.17) is 10.1 Å². The molecule has 2 aromatic rings. The van der Waals surface area contributed by atoms with Crippen LogP contribution in [0, 0.1) is 11.5 Å². The van der Waals surface area contributed by atoms with Crippen LogP contribution >= 0.6 is 0 Å². The second kappa shape index (κ2) is 8.67. The molecule has 4 rings (SSSR count). The summed E-state index contributed by atoms with van der Waals surface area (Å²) in [5, 5.41) is 12.0. The third-order valence-electron chi connectivity index (χ3n) is 4.96. The smallest absolute Gasteiger partial charge is 0.507 e. The Morgan fingerprint density at radius 2 is 2.19 bits per heavy atom. The van der Waals surface area contributed by atoms with E-state index < -0.39 is 0 Å². The molecule has 2 N–H and O–H groups in total. The Kier molecular flexibility index (Phi) is 6.71. The number of ether oxygens (including phenoxy) is 1. The molecule has 2 aliphatic rings. The summed E-state index contributed by atoms with van der Waals surface area (Å²) in [6.07, 6.45) is 3.70. The van der Waals surface area contributed by atoms with Crippen LogP contribution in [0.25, 0.3) is 0 Å². The molecule has 2 fully saturated rings. The zero-order valence-corrected chi connectivity index (χ0v) is 19.4. The van der Waals surface area contributed by atoms with Gasteiger partial charge < -0.3 is 20.4 Å². The molecule has 0 radical (unpaired) electrons. The Morgan fingerprint density at radius 1 is 1.37 bits per heavy atom. The minimum absolute atomic E-state index is 0. The van der Waals surface area contributed by atoms with Gasteiger partial charge in [0.15, 0.2) is 0 Å². The van der Waals surface area contributed by atoms with Crippen LogP contribution in [0.5, 0.6) is 5.75 Å². The summed E-state index contributed by atoms with van der Waals surface area (Å²) in [4.78, 5) is 10.9. The maximum atomic E-state index is 8.56. The van der Waals surface area contributed by atoms with Crippen molar-refractivity contribution in [2.45, 2.75) is 38.3 Å². The van der Waals surface area contributed by atoms with Gasteiger partial charge in [-0.15, -0.1) is 29.8 Å². The van der Waals surface area contributed by atoms with Gasteiger partial charge in [-0.2, -0.15) is 0 Å². The van der Waals surface area contributed by atoms with Crippen molar-refractivity contribution in [2.75, 3.05) is 24.5 Å². The fraction of sp³-hybridized carbons (Fsp3) is 0.450. The van der Waals surface area contributed by atoms with E-state index in [1.54, 1.807) is 0 Å². The van der Waals surface area contributed by atoms with Gasteiger partial charge >= 0.3 is 51.4 Å². The van der Waals surface area contributed by atoms with Crippen molar-refractivity contribution in [1.82, 2.24) is 15.3 Å². The number of piperazine rings is 1. The third-order valence-corrected chi connectivity index (χ3v) is 4.96. The molecular weight excluding hydrogens is 365 g/mol. The van der Waals surface area contributed by atoms with Gasteiger partial charge in [0.2, 0.25) is 0 Å². The Balaban J connectivity index is 0.00000210. The van der Waals surface area contributed by atoms with Gasteiger partial charge in [-0.25, -0.2) is 9.97 Å². The minimum Gasteiger partial charge on any atom is -0.507 e. The maximum absolute atomic E-state index is 8.56. The van der Waals surface area contributed by atoms with Crippen molar-refractivity contribution in [3.05, 3.63) is 47.9 Å². The number of nitrogens with zero attached hydrogens (tertiary/aromatic N) is 3. The van der Waals surface area contributed by atoms with Gasteiger partial charge in [0.1, 0.15) is 17.7 Å². The second-order valence-electron chi connectivity index (χ2n) is 7.43. The molecule has 1 saturated carbocycles. The van der Waals surface area contributed by atoms with Crippen LogP contribution in [0.2, 0.25) is 0 Å². The zero-order chi connectivity index (χ0) is 18.1. The fourth-order valence-electron chi connectivity index (χ4n) is 3.15. The summed E-state index contributed by atoms with van der Waals surface area (Å²) in [6, 6.07) is 11.0. The summed E-state index contributed by atoms with van der Waals surface area (Å²) in [6.45, 7) is 7.01. The molecule has 1 unspecified atom stereocenters. The number of nitrogens with one attached hydrogen (secondary N) is 2. The Bertz CT molecular complexity index is 824. The van der Waals surface area contributed by atoms with Crippen LogP contribution in [0.1, 0.15) is 37.9 Å². The molecule has 1 aromatic carbocycles. The van der Waals surface area contributed by atoms with Gasteiger partial charge in [0, 0.05) is 37.1 Å². The molecule has 1 atom stereocenters. The average molecular weight is 390 g/mol. The van der Waals surface area contributed by atoms with E-state index in [0.717, 1.165) is 44.0 Å². The van der Waals surface area contributed by atoms with E-state index in [9.17, 15) is 0 Å². The van der Waals surface area contributed by atoms with E-state index in [2.05, 4.69) is 40.1 Å². The fourth-order valence-corrected chi connectivity index (χ4v) is 3.15. The molecule has 0 spiro atoms. The Hall–Kier alpha value is -0.834. The van der Waals surface area contributed by atoms with Crippen LogP contribution in [0.15, 0.2) is 30.6 Å². The van der Waals surface area contributed by atoms with E-state index in [-0.39, 0.29) is 57.0 Å². The Labute approximate surface area is 203 Å². The predicted molar refractivity (Wildman–Crippen MR) is 101 cm³/mol. The summed E-state index contributed by atoms with van der Waals surface area (Å²) >= 11 is 0. The van der Waals surface area contributed by atoms with Crippen molar-refractivity contribution >= 4 is 11.5 Å². The minimum atomic E-state index is -0.0398. The molecule has 1 aromatic heterocycles. The standard InChI is InChI=1S/C20H24N5O.K/c1-14-12-25(9-8-22-14)18-11-17(23-13-24-18)19(21)15-4-3-5-16(10-15)26-20(2)6-7-20;/h3,5,10-11,13-14,21-22H,6-9,12H2,1-2H3;/q-1;+1. The maximum Gasteiger partial charge on any atom is 1.00 e. The first-order valence-electron chi connectivity index (χ1n) is 9.13. The van der Waals surface area contributed by atoms with Gasteiger partial charge in [-0.05, 0) is 32.8 Å². The molecule has 2 heterocycles. The molecular formula is C20H24KN5O. The summed E-state index contributed by atoms with van der Waals surface area (Å²) in [5.74, 6) is 1.65. The molecule has 1 saturated heterocycles. The average Bonchev–Trinajstić information content (AvgIpc) is 3.38. The van der Waals surface area contributed by atoms with Crippen molar-refractivity contribution in [3.8, 4) is 5.75 Å². The molecule has 27 heavy (non-hydrogen) atoms. The van der Waals surface area contributed by atoms with Gasteiger partial charge in [0.05, 0.1) is 5.69 Å². The van der Waals surface area contributed by atoms with Crippen LogP contribution in [-0.2, 0) is 0 Å². The van der Waals surface area contributed by atoms with Crippen molar-refractivity contribution < 1.29 is 56.1 Å². The number of benzene rings is 1. The molecule has 0 amide bonds. The van der Waals surface area contributed by atoms with Crippen molar-refractivity contribution in [1.29, 1.82) is 5.41 Å². The molecule has 0 bridgehead atoms. The Morgan fingerprint density at radius 3 is 2.93 bits per heavy atom. The summed E-state index contributed by atoms with van der Waals surface area (Å²) in [7, 11) is 0. The predicted octanol–water partition coefficient (Wildman–Crippen LogP) is -0.574. The summed E-state index contributed by atoms with van der Waals surface area (Å²) in [5.41, 5.74) is 1.59. The van der Waals surface area contributed by atoms with Crippen LogP contribution in [0.4, 0.5) is 5.82 Å². The molecule has 7 heteroatoms. The van der Waals surface area contributed by atoms with Crippen LogP contribution < -0.4 is 66.3 Å². The topological polar surface area (TPSA) is 74.1 Å². The van der Waals surface area contributed by atoms with Crippen molar-refractivity contribution in [3.63, 3.8) is 0 Å². The molecule has 6 nitrogen and oxygen atoms in total.